The number of rotatable bonds is 2. The van der Waals surface area contributed by atoms with Gasteiger partial charge >= 0.3 is 202 Å². The van der Waals surface area contributed by atoms with Crippen molar-refractivity contribution in [2.75, 3.05) is 0 Å². The molecular weight excluding hydrogens is 591 g/mol. The van der Waals surface area contributed by atoms with E-state index >= 15 is 0 Å². The molecule has 0 unspecified atom stereocenters. The summed E-state index contributed by atoms with van der Waals surface area (Å²) in [6.45, 7) is 27.3. The molecule has 0 aliphatic carbocycles. The van der Waals surface area contributed by atoms with E-state index in [2.05, 4.69) is 126 Å². The third-order valence-electron chi connectivity index (χ3n) is 5.17. The van der Waals surface area contributed by atoms with Gasteiger partial charge < -0.3 is 0 Å². The predicted molar refractivity (Wildman–Crippen MR) is 138 cm³/mol. The van der Waals surface area contributed by atoms with Gasteiger partial charge in [-0.15, -0.1) is 10.2 Å². The Labute approximate surface area is 230 Å². The van der Waals surface area contributed by atoms with Gasteiger partial charge in [0.2, 0.25) is 0 Å². The van der Waals surface area contributed by atoms with Crippen LogP contribution in [-0.2, 0) is 10.8 Å². The van der Waals surface area contributed by atoms with Crippen LogP contribution in [0.3, 0.4) is 0 Å². The van der Waals surface area contributed by atoms with E-state index < -0.39 is 10.2 Å². The molecule has 0 saturated heterocycles. The Morgan fingerprint density at radius 2 is 1.03 bits per heavy atom. The summed E-state index contributed by atoms with van der Waals surface area (Å²) in [7, 11) is -4.94. The average molecular weight is 635 g/mol. The van der Waals surface area contributed by atoms with Crippen LogP contribution < -0.4 is 18.6 Å². The fourth-order valence-electron chi connectivity index (χ4n) is 2.98. The average Bonchev–Trinajstić information content (AvgIpc) is 2.63. The molecule has 1 aliphatic heterocycles. The largest absolute Gasteiger partial charge is 0.222 e. The molecule has 202 valence electrons. The second-order valence-electron chi connectivity index (χ2n) is 13.1. The second-order valence-corrected chi connectivity index (χ2v) is 17.0. The van der Waals surface area contributed by atoms with E-state index in [1.54, 1.807) is 7.24 Å². The van der Waals surface area contributed by atoms with Crippen molar-refractivity contribution in [3.05, 3.63) is 66.3 Å². The minimum absolute atomic E-state index is 0.0231. The van der Waals surface area contributed by atoms with Crippen molar-refractivity contribution >= 4 is 27.0 Å². The smallest absolute Gasteiger partial charge is 0.112 e. The monoisotopic (exact) mass is 636 g/mol. The van der Waals surface area contributed by atoms with Crippen molar-refractivity contribution in [1.29, 1.82) is 0 Å². The molecule has 0 saturated carbocycles. The van der Waals surface area contributed by atoms with Gasteiger partial charge in [0.05, 0.1) is 0 Å². The van der Waals surface area contributed by atoms with E-state index in [9.17, 15) is 0 Å². The Morgan fingerprint density at radius 1 is 0.667 bits per heavy atom. The maximum atomic E-state index is 8.49. The zero-order chi connectivity index (χ0) is 28.3. The molecule has 0 atom stereocenters. The van der Waals surface area contributed by atoms with Gasteiger partial charge in [0.1, 0.15) is 0 Å². The van der Waals surface area contributed by atoms with Gasteiger partial charge in [0.15, 0.2) is 0 Å². The SMILES string of the molecule is CC(C)(C)C1=CC(=C/C=C/c2cc(C(C)(C)C)[o+]c(C(C)(C)C)c2)C=C(C(C)(C)C)[Te]1.[O-][Cl+3]([O-])([O-])[O-]. The fourth-order valence-corrected chi connectivity index (χ4v) is 6.52. The normalized spacial score (nSPS) is 15.8. The van der Waals surface area contributed by atoms with Crippen LogP contribution in [0.25, 0.3) is 6.08 Å². The van der Waals surface area contributed by atoms with E-state index in [1.807, 2.05) is 0 Å². The number of hydrogen-bond donors (Lipinski definition) is 0. The Kier molecular flexibility index (Phi) is 10.9. The van der Waals surface area contributed by atoms with E-state index in [0.717, 1.165) is 11.5 Å². The summed E-state index contributed by atoms with van der Waals surface area (Å²) >= 11 is -0.283. The Morgan fingerprint density at radius 3 is 1.33 bits per heavy atom. The van der Waals surface area contributed by atoms with E-state index in [4.69, 9.17) is 23.1 Å². The standard InChI is InChI=1S/C29H43OTe.ClHO4/c1-26(2,3)22-16-20(17-23(30-22)27(4,5)6)14-13-15-21-18-24(28(7,8)9)31-25(19-21)29(10,11)12;2-1(3,4)5/h13-19H,1-12H3;(H,2,3,4,5)/q+1;/p-1/b14-13+;. The van der Waals surface area contributed by atoms with Crippen molar-refractivity contribution < 1.29 is 33.3 Å². The van der Waals surface area contributed by atoms with Gasteiger partial charge in [-0.25, -0.2) is 18.6 Å². The maximum absolute atomic E-state index is 8.49. The molecule has 2 heterocycles. The van der Waals surface area contributed by atoms with Crippen molar-refractivity contribution in [2.45, 2.75) is 93.9 Å². The van der Waals surface area contributed by atoms with Crippen LogP contribution in [-0.4, -0.2) is 20.9 Å². The van der Waals surface area contributed by atoms with Crippen molar-refractivity contribution in [2.24, 2.45) is 10.8 Å². The quantitative estimate of drug-likeness (QED) is 0.363. The molecule has 0 fully saturated rings. The van der Waals surface area contributed by atoms with Crippen molar-refractivity contribution in [3.8, 4) is 0 Å². The molecule has 5 nitrogen and oxygen atoms in total. The molecule has 36 heavy (non-hydrogen) atoms. The van der Waals surface area contributed by atoms with Gasteiger partial charge in [-0.3, -0.25) is 0 Å². The molecule has 0 aromatic carbocycles. The van der Waals surface area contributed by atoms with E-state index in [1.165, 1.54) is 11.1 Å². The van der Waals surface area contributed by atoms with Crippen molar-refractivity contribution in [3.63, 3.8) is 0 Å². The number of allylic oxidation sites excluding steroid dienone is 7. The summed E-state index contributed by atoms with van der Waals surface area (Å²) in [5, 5.41) is 0. The topological polar surface area (TPSA) is 104 Å². The predicted octanol–water partition coefficient (Wildman–Crippen LogP) is 3.92. The van der Waals surface area contributed by atoms with Gasteiger partial charge in [-0.05, 0) is 0 Å². The molecule has 1 aromatic heterocycles. The third-order valence-corrected chi connectivity index (χ3v) is 10.6. The van der Waals surface area contributed by atoms with E-state index in [0.29, 0.717) is 0 Å². The zero-order valence-electron chi connectivity index (χ0n) is 23.9. The van der Waals surface area contributed by atoms with Crippen LogP contribution in [0, 0.1) is 21.1 Å². The molecule has 7 heteroatoms. The molecule has 0 amide bonds. The molecule has 1 aliphatic rings. The third kappa shape index (κ3) is 12.0. The van der Waals surface area contributed by atoms with Crippen LogP contribution in [0.2, 0.25) is 0 Å². The number of hydrogen-bond acceptors (Lipinski definition) is 4. The molecule has 0 bridgehead atoms. The van der Waals surface area contributed by atoms with Gasteiger partial charge in [-0.2, -0.15) is 0 Å². The molecule has 1 aromatic rings. The summed E-state index contributed by atoms with van der Waals surface area (Å²) in [6.07, 6.45) is 11.5. The first kappa shape index (κ1) is 33.1. The fraction of sp³-hybridized carbons (Fsp3) is 0.552. The Bertz CT molecular complexity index is 962. The summed E-state index contributed by atoms with van der Waals surface area (Å²) in [6, 6.07) is 4.37. The van der Waals surface area contributed by atoms with Crippen LogP contribution in [0.15, 0.2) is 53.7 Å². The molecule has 2 rings (SSSR count). The summed E-state index contributed by atoms with van der Waals surface area (Å²) in [5.41, 5.74) is 2.94. The van der Waals surface area contributed by atoms with Crippen molar-refractivity contribution in [1.82, 2.24) is 0 Å². The Hall–Kier alpha value is -0.970. The first-order chi connectivity index (χ1) is 15.9. The van der Waals surface area contributed by atoms with Crippen LogP contribution in [0.4, 0.5) is 0 Å². The van der Waals surface area contributed by atoms with Crippen LogP contribution in [0.5, 0.6) is 0 Å². The van der Waals surface area contributed by atoms with E-state index in [-0.39, 0.29) is 42.6 Å². The molecular formula is C29H43ClO5Te. The van der Waals surface area contributed by atoms with Gasteiger partial charge in [0.25, 0.3) is 0 Å². The molecule has 0 N–H and O–H groups in total. The minimum Gasteiger partial charge on any atom is -0.222 e. The minimum atomic E-state index is -4.94. The molecule has 0 radical (unpaired) electrons. The van der Waals surface area contributed by atoms with Gasteiger partial charge in [-0.1, -0.05) is 0 Å². The first-order valence-electron chi connectivity index (χ1n) is 12.0. The summed E-state index contributed by atoms with van der Waals surface area (Å²) < 4.78 is 43.5. The number of halogens is 1. The summed E-state index contributed by atoms with van der Waals surface area (Å²) in [4.78, 5) is 0. The second kappa shape index (κ2) is 11.8. The zero-order valence-corrected chi connectivity index (χ0v) is 27.0. The van der Waals surface area contributed by atoms with Gasteiger partial charge in [0, 0.05) is 0 Å². The first-order valence-corrected chi connectivity index (χ1v) is 15.6. The molecule has 0 spiro atoms. The Balaban J connectivity index is 0.00000118. The van der Waals surface area contributed by atoms with Crippen LogP contribution >= 0.6 is 0 Å². The van der Waals surface area contributed by atoms with Crippen LogP contribution in [0.1, 0.15) is 100 Å². The maximum Gasteiger partial charge on any atom is -0.112 e. The summed E-state index contributed by atoms with van der Waals surface area (Å²) in [5.74, 6) is 2.06.